The number of halogens is 1. The van der Waals surface area contributed by atoms with Gasteiger partial charge in [-0.15, -0.1) is 0 Å². The van der Waals surface area contributed by atoms with Crippen LogP contribution in [0.1, 0.15) is 31.2 Å². The summed E-state index contributed by atoms with van der Waals surface area (Å²) in [6.07, 6.45) is 1.70. The molecule has 132 valence electrons. The zero-order chi connectivity index (χ0) is 18.1. The average molecular weight is 362 g/mol. The van der Waals surface area contributed by atoms with E-state index in [4.69, 9.17) is 21.1 Å². The Kier molecular flexibility index (Phi) is 4.86. The first-order valence-corrected chi connectivity index (χ1v) is 8.50. The van der Waals surface area contributed by atoms with Gasteiger partial charge in [-0.1, -0.05) is 23.7 Å². The maximum absolute atomic E-state index is 12.6. The smallest absolute Gasteiger partial charge is 0.336 e. The molecule has 2 aliphatic heterocycles. The van der Waals surface area contributed by atoms with E-state index in [0.717, 1.165) is 36.3 Å². The lowest BCUT2D eigenvalue weighted by molar-refractivity contribution is -0.137. The number of fused-ring (bicyclic) bond motifs is 1. The van der Waals surface area contributed by atoms with E-state index in [0.29, 0.717) is 16.2 Å². The summed E-state index contributed by atoms with van der Waals surface area (Å²) in [5.41, 5.74) is 3.54. The maximum Gasteiger partial charge on any atom is 0.336 e. The molecule has 0 spiro atoms. The van der Waals surface area contributed by atoms with Crippen LogP contribution in [-0.2, 0) is 19.1 Å². The van der Waals surface area contributed by atoms with Crippen LogP contribution >= 0.6 is 11.6 Å². The zero-order valence-electron chi connectivity index (χ0n) is 14.5. The molecule has 0 radical (unpaired) electrons. The van der Waals surface area contributed by atoms with Gasteiger partial charge in [0.2, 0.25) is 0 Å². The van der Waals surface area contributed by atoms with E-state index in [-0.39, 0.29) is 0 Å². The van der Waals surface area contributed by atoms with Crippen molar-refractivity contribution >= 4 is 23.5 Å². The molecule has 6 heteroatoms. The summed E-state index contributed by atoms with van der Waals surface area (Å²) in [6.45, 7) is 2.67. The van der Waals surface area contributed by atoms with Crippen molar-refractivity contribution < 1.29 is 19.1 Å². The summed E-state index contributed by atoms with van der Waals surface area (Å²) in [7, 11) is 2.71. The van der Waals surface area contributed by atoms with Crippen LogP contribution in [0.3, 0.4) is 0 Å². The molecule has 1 aromatic rings. The molecule has 0 saturated carbocycles. The lowest BCUT2D eigenvalue weighted by Gasteiger charge is -2.35. The summed E-state index contributed by atoms with van der Waals surface area (Å²) in [5.74, 6) is -1.39. The van der Waals surface area contributed by atoms with E-state index in [1.54, 1.807) is 12.1 Å². The fraction of sp³-hybridized carbons (Fsp3) is 0.368. The molecule has 1 atom stereocenters. The number of allylic oxidation sites excluding steroid dienone is 2. The minimum absolute atomic E-state index is 0.421. The van der Waals surface area contributed by atoms with Gasteiger partial charge in [-0.2, -0.15) is 0 Å². The molecule has 2 heterocycles. The number of carbonyl (C=O) groups excluding carboxylic acids is 2. The van der Waals surface area contributed by atoms with Gasteiger partial charge in [-0.3, -0.25) is 0 Å². The molecule has 1 unspecified atom stereocenters. The summed E-state index contributed by atoms with van der Waals surface area (Å²) in [5, 5.41) is 0.592. The van der Waals surface area contributed by atoms with Crippen molar-refractivity contribution in [2.75, 3.05) is 20.8 Å². The van der Waals surface area contributed by atoms with E-state index >= 15 is 0 Å². The SMILES string of the molecule is COC(=O)C1=C(C)N2CCCC2=C(C(=O)OC)C1c1ccc(Cl)cc1. The predicted octanol–water partition coefficient (Wildman–Crippen LogP) is 3.41. The molecule has 5 nitrogen and oxygen atoms in total. The van der Waals surface area contributed by atoms with Crippen molar-refractivity contribution in [3.05, 3.63) is 57.4 Å². The van der Waals surface area contributed by atoms with Gasteiger partial charge >= 0.3 is 11.9 Å². The van der Waals surface area contributed by atoms with Crippen LogP contribution in [0.2, 0.25) is 5.02 Å². The Bertz CT molecular complexity index is 779. The van der Waals surface area contributed by atoms with Gasteiger partial charge in [0.1, 0.15) is 0 Å². The summed E-state index contributed by atoms with van der Waals surface area (Å²) >= 11 is 6.01. The molecule has 0 aromatic heterocycles. The monoisotopic (exact) mass is 361 g/mol. The largest absolute Gasteiger partial charge is 0.466 e. The first kappa shape index (κ1) is 17.5. The number of methoxy groups -OCH3 is 2. The fourth-order valence-corrected chi connectivity index (χ4v) is 3.83. The second-order valence-corrected chi connectivity index (χ2v) is 6.52. The predicted molar refractivity (Wildman–Crippen MR) is 93.9 cm³/mol. The van der Waals surface area contributed by atoms with Crippen LogP contribution < -0.4 is 0 Å². The van der Waals surface area contributed by atoms with Crippen LogP contribution in [0.15, 0.2) is 46.8 Å². The molecular formula is C19H20ClNO4. The van der Waals surface area contributed by atoms with Crippen molar-refractivity contribution in [3.8, 4) is 0 Å². The Morgan fingerprint density at radius 2 is 1.68 bits per heavy atom. The number of ether oxygens (including phenoxy) is 2. The summed E-state index contributed by atoms with van der Waals surface area (Å²) < 4.78 is 10.1. The lowest BCUT2D eigenvalue weighted by Crippen LogP contribution is -2.33. The second-order valence-electron chi connectivity index (χ2n) is 6.08. The summed E-state index contributed by atoms with van der Waals surface area (Å²) in [4.78, 5) is 27.2. The number of hydrogen-bond acceptors (Lipinski definition) is 5. The minimum atomic E-state index is -0.526. The third-order valence-electron chi connectivity index (χ3n) is 4.82. The van der Waals surface area contributed by atoms with Gasteiger partial charge in [0.15, 0.2) is 0 Å². The first-order valence-electron chi connectivity index (χ1n) is 8.13. The highest BCUT2D eigenvalue weighted by Gasteiger charge is 2.42. The van der Waals surface area contributed by atoms with Crippen molar-refractivity contribution in [3.63, 3.8) is 0 Å². The standard InChI is InChI=1S/C19H20ClNO4/c1-11-15(18(22)24-2)16(12-6-8-13(20)9-7-12)17(19(23)25-3)14-5-4-10-21(11)14/h6-9,16H,4-5,10H2,1-3H3. The van der Waals surface area contributed by atoms with Crippen LogP contribution in [-0.4, -0.2) is 37.6 Å². The molecule has 25 heavy (non-hydrogen) atoms. The molecule has 0 amide bonds. The van der Waals surface area contributed by atoms with Crippen molar-refractivity contribution in [1.29, 1.82) is 0 Å². The van der Waals surface area contributed by atoms with Crippen LogP contribution in [0.5, 0.6) is 0 Å². The van der Waals surface area contributed by atoms with Crippen LogP contribution in [0.25, 0.3) is 0 Å². The van der Waals surface area contributed by atoms with E-state index in [9.17, 15) is 9.59 Å². The number of carbonyl (C=O) groups is 2. The quantitative estimate of drug-likeness (QED) is 0.772. The van der Waals surface area contributed by atoms with E-state index < -0.39 is 17.9 Å². The number of nitrogens with zero attached hydrogens (tertiary/aromatic N) is 1. The normalized spacial score (nSPS) is 19.8. The van der Waals surface area contributed by atoms with Crippen LogP contribution in [0.4, 0.5) is 0 Å². The van der Waals surface area contributed by atoms with Gasteiger partial charge in [0, 0.05) is 23.0 Å². The lowest BCUT2D eigenvalue weighted by atomic mass is 9.79. The third-order valence-corrected chi connectivity index (χ3v) is 5.07. The minimum Gasteiger partial charge on any atom is -0.466 e. The van der Waals surface area contributed by atoms with Gasteiger partial charge in [0.05, 0.1) is 31.3 Å². The Balaban J connectivity index is 2.25. The van der Waals surface area contributed by atoms with Crippen LogP contribution in [0, 0.1) is 0 Å². The van der Waals surface area contributed by atoms with E-state index in [1.165, 1.54) is 14.2 Å². The number of benzene rings is 1. The molecule has 2 aliphatic rings. The second kappa shape index (κ2) is 6.92. The van der Waals surface area contributed by atoms with E-state index in [2.05, 4.69) is 0 Å². The molecule has 0 aliphatic carbocycles. The maximum atomic E-state index is 12.6. The van der Waals surface area contributed by atoms with Gasteiger partial charge in [0.25, 0.3) is 0 Å². The van der Waals surface area contributed by atoms with Crippen molar-refractivity contribution in [1.82, 2.24) is 4.90 Å². The first-order chi connectivity index (χ1) is 12.0. The molecule has 3 rings (SSSR count). The number of esters is 2. The fourth-order valence-electron chi connectivity index (χ4n) is 3.70. The van der Waals surface area contributed by atoms with Gasteiger partial charge < -0.3 is 14.4 Å². The average Bonchev–Trinajstić information content (AvgIpc) is 3.11. The molecule has 1 fully saturated rings. The summed E-state index contributed by atoms with van der Waals surface area (Å²) in [6, 6.07) is 7.16. The van der Waals surface area contributed by atoms with Gasteiger partial charge in [-0.25, -0.2) is 9.59 Å². The zero-order valence-corrected chi connectivity index (χ0v) is 15.2. The van der Waals surface area contributed by atoms with Crippen molar-refractivity contribution in [2.24, 2.45) is 0 Å². The highest BCUT2D eigenvalue weighted by atomic mass is 35.5. The van der Waals surface area contributed by atoms with Gasteiger partial charge in [-0.05, 0) is 37.5 Å². The molecule has 1 saturated heterocycles. The molecule has 0 N–H and O–H groups in total. The Labute approximate surface area is 151 Å². The Morgan fingerprint density at radius 3 is 2.28 bits per heavy atom. The highest BCUT2D eigenvalue weighted by Crippen LogP contribution is 2.46. The highest BCUT2D eigenvalue weighted by molar-refractivity contribution is 6.30. The molecule has 0 bridgehead atoms. The Morgan fingerprint density at radius 1 is 1.08 bits per heavy atom. The number of rotatable bonds is 3. The topological polar surface area (TPSA) is 55.8 Å². The molecular weight excluding hydrogens is 342 g/mol. The Hall–Kier alpha value is -2.27. The third kappa shape index (κ3) is 2.93. The van der Waals surface area contributed by atoms with E-state index in [1.807, 2.05) is 24.0 Å². The number of hydrogen-bond donors (Lipinski definition) is 0. The molecule has 1 aromatic carbocycles. The van der Waals surface area contributed by atoms with Crippen molar-refractivity contribution in [2.45, 2.75) is 25.7 Å².